The smallest absolute Gasteiger partial charge is 0.224 e. The molecule has 3 N–H and O–H groups in total. The lowest BCUT2D eigenvalue weighted by molar-refractivity contribution is -0.125. The summed E-state index contributed by atoms with van der Waals surface area (Å²) in [5, 5.41) is 2.97. The molecular weight excluding hydrogens is 236 g/mol. The van der Waals surface area contributed by atoms with Gasteiger partial charge in [-0.3, -0.25) is 4.79 Å². The number of benzene rings is 1. The molecule has 0 aliphatic heterocycles. The normalized spacial score (nSPS) is 13.1. The summed E-state index contributed by atoms with van der Waals surface area (Å²) in [5.74, 6) is -0.0524. The monoisotopic (exact) mass is 262 g/mol. The first kappa shape index (κ1) is 15.7. The minimum absolute atomic E-state index is 0.0537. The summed E-state index contributed by atoms with van der Waals surface area (Å²) >= 11 is 0. The molecule has 1 atom stereocenters. The van der Waals surface area contributed by atoms with E-state index in [-0.39, 0.29) is 17.2 Å². The molecule has 1 aromatic rings. The van der Waals surface area contributed by atoms with Crippen molar-refractivity contribution >= 4 is 5.91 Å². The molecule has 0 heterocycles. The summed E-state index contributed by atoms with van der Waals surface area (Å²) < 4.78 is 0. The van der Waals surface area contributed by atoms with Crippen molar-refractivity contribution < 1.29 is 4.79 Å². The maximum Gasteiger partial charge on any atom is 0.224 e. The molecule has 0 radical (unpaired) electrons. The zero-order chi connectivity index (χ0) is 14.5. The Labute approximate surface area is 116 Å². The topological polar surface area (TPSA) is 55.1 Å². The summed E-state index contributed by atoms with van der Waals surface area (Å²) in [6, 6.07) is 8.18. The minimum Gasteiger partial charge on any atom is -0.352 e. The van der Waals surface area contributed by atoms with Crippen LogP contribution in [0.25, 0.3) is 0 Å². The van der Waals surface area contributed by atoms with Gasteiger partial charge in [-0.1, -0.05) is 50.6 Å². The predicted octanol–water partition coefficient (Wildman–Crippen LogP) is 2.62. The number of carbonyl (C=O) groups is 1. The van der Waals surface area contributed by atoms with Crippen molar-refractivity contribution in [2.75, 3.05) is 6.54 Å². The first-order chi connectivity index (χ1) is 8.81. The Bertz CT molecular complexity index is 404. The van der Waals surface area contributed by atoms with Gasteiger partial charge in [-0.25, -0.2) is 0 Å². The van der Waals surface area contributed by atoms with Gasteiger partial charge in [0, 0.05) is 13.1 Å². The molecule has 0 saturated carbocycles. The van der Waals surface area contributed by atoms with Crippen LogP contribution in [0.15, 0.2) is 24.3 Å². The van der Waals surface area contributed by atoms with Crippen LogP contribution in [0.1, 0.15) is 38.3 Å². The summed E-state index contributed by atoms with van der Waals surface area (Å²) in [7, 11) is 0. The van der Waals surface area contributed by atoms with Crippen LogP contribution < -0.4 is 11.1 Å². The van der Waals surface area contributed by atoms with E-state index in [1.54, 1.807) is 0 Å². The average Bonchev–Trinajstić information content (AvgIpc) is 2.34. The molecule has 0 fully saturated rings. The maximum atomic E-state index is 12.1. The second kappa shape index (κ2) is 6.71. The van der Waals surface area contributed by atoms with Gasteiger partial charge in [-0.2, -0.15) is 0 Å². The van der Waals surface area contributed by atoms with Crippen molar-refractivity contribution in [3.05, 3.63) is 35.4 Å². The molecule has 1 unspecified atom stereocenters. The van der Waals surface area contributed by atoms with Gasteiger partial charge >= 0.3 is 0 Å². The van der Waals surface area contributed by atoms with E-state index in [9.17, 15) is 4.79 Å². The van der Waals surface area contributed by atoms with Crippen molar-refractivity contribution in [2.45, 2.75) is 40.7 Å². The molecular formula is C16H26N2O. The molecule has 1 amide bonds. The standard InChI is InChI=1S/C16H26N2O/c1-12-5-7-13(8-6-12)11-18-15(19)14(10-17)9-16(2,3)4/h5-8,14H,9-11,17H2,1-4H3,(H,18,19). The number of hydrogen-bond donors (Lipinski definition) is 2. The van der Waals surface area contributed by atoms with Crippen molar-refractivity contribution in [3.63, 3.8) is 0 Å². The molecule has 0 bridgehead atoms. The van der Waals surface area contributed by atoms with Crippen LogP contribution in [0, 0.1) is 18.3 Å². The molecule has 3 nitrogen and oxygen atoms in total. The van der Waals surface area contributed by atoms with Crippen LogP contribution in [0.2, 0.25) is 0 Å². The highest BCUT2D eigenvalue weighted by atomic mass is 16.1. The van der Waals surface area contributed by atoms with Crippen LogP contribution in [-0.4, -0.2) is 12.5 Å². The third-order valence-corrected chi connectivity index (χ3v) is 3.10. The largest absolute Gasteiger partial charge is 0.352 e. The first-order valence-electron chi connectivity index (χ1n) is 6.85. The lowest BCUT2D eigenvalue weighted by Crippen LogP contribution is -2.36. The molecule has 0 spiro atoms. The van der Waals surface area contributed by atoms with E-state index in [2.05, 4.69) is 45.1 Å². The first-order valence-corrected chi connectivity index (χ1v) is 6.85. The van der Waals surface area contributed by atoms with Gasteiger partial charge in [0.05, 0.1) is 5.92 Å². The zero-order valence-corrected chi connectivity index (χ0v) is 12.5. The Morgan fingerprint density at radius 1 is 1.26 bits per heavy atom. The maximum absolute atomic E-state index is 12.1. The third-order valence-electron chi connectivity index (χ3n) is 3.10. The number of rotatable bonds is 5. The van der Waals surface area contributed by atoms with Crippen molar-refractivity contribution in [1.29, 1.82) is 0 Å². The van der Waals surface area contributed by atoms with Crippen LogP contribution >= 0.6 is 0 Å². The lowest BCUT2D eigenvalue weighted by Gasteiger charge is -2.24. The van der Waals surface area contributed by atoms with Crippen molar-refractivity contribution in [2.24, 2.45) is 17.1 Å². The number of hydrogen-bond acceptors (Lipinski definition) is 2. The van der Waals surface area contributed by atoms with Gasteiger partial charge in [-0.05, 0) is 24.3 Å². The Hall–Kier alpha value is -1.35. The van der Waals surface area contributed by atoms with Crippen LogP contribution in [0.3, 0.4) is 0 Å². The average molecular weight is 262 g/mol. The molecule has 1 rings (SSSR count). The summed E-state index contributed by atoms with van der Waals surface area (Å²) in [5.41, 5.74) is 8.17. The van der Waals surface area contributed by atoms with E-state index in [1.165, 1.54) is 5.56 Å². The van der Waals surface area contributed by atoms with E-state index in [4.69, 9.17) is 5.73 Å². The third kappa shape index (κ3) is 5.88. The second-order valence-electron chi connectivity index (χ2n) is 6.40. The van der Waals surface area contributed by atoms with Crippen molar-refractivity contribution in [1.82, 2.24) is 5.32 Å². The lowest BCUT2D eigenvalue weighted by atomic mass is 9.84. The number of carbonyl (C=O) groups excluding carboxylic acids is 1. The second-order valence-corrected chi connectivity index (χ2v) is 6.40. The van der Waals surface area contributed by atoms with E-state index in [1.807, 2.05) is 12.1 Å². The van der Waals surface area contributed by atoms with Gasteiger partial charge in [0.2, 0.25) is 5.91 Å². The van der Waals surface area contributed by atoms with E-state index >= 15 is 0 Å². The van der Waals surface area contributed by atoms with Crippen LogP contribution in [0.5, 0.6) is 0 Å². The summed E-state index contributed by atoms with van der Waals surface area (Å²) in [6.07, 6.45) is 0.809. The fourth-order valence-electron chi connectivity index (χ4n) is 2.06. The van der Waals surface area contributed by atoms with Crippen molar-refractivity contribution in [3.8, 4) is 0 Å². The van der Waals surface area contributed by atoms with E-state index in [0.717, 1.165) is 12.0 Å². The van der Waals surface area contributed by atoms with Gasteiger partial charge in [0.1, 0.15) is 0 Å². The number of aryl methyl sites for hydroxylation is 1. The Morgan fingerprint density at radius 2 is 1.84 bits per heavy atom. The summed E-state index contributed by atoms with van der Waals surface area (Å²) in [6.45, 7) is 9.40. The van der Waals surface area contributed by atoms with Gasteiger partial charge in [-0.15, -0.1) is 0 Å². The highest BCUT2D eigenvalue weighted by Gasteiger charge is 2.23. The predicted molar refractivity (Wildman–Crippen MR) is 79.6 cm³/mol. The van der Waals surface area contributed by atoms with E-state index < -0.39 is 0 Å². The molecule has 3 heteroatoms. The zero-order valence-electron chi connectivity index (χ0n) is 12.5. The van der Waals surface area contributed by atoms with Crippen LogP contribution in [-0.2, 0) is 11.3 Å². The molecule has 0 aliphatic carbocycles. The van der Waals surface area contributed by atoms with Gasteiger partial charge in [0.15, 0.2) is 0 Å². The molecule has 0 aromatic heterocycles. The number of nitrogens with one attached hydrogen (secondary N) is 1. The Morgan fingerprint density at radius 3 is 2.32 bits per heavy atom. The molecule has 106 valence electrons. The molecule has 0 saturated heterocycles. The Balaban J connectivity index is 2.51. The highest BCUT2D eigenvalue weighted by molar-refractivity contribution is 5.78. The molecule has 0 aliphatic rings. The van der Waals surface area contributed by atoms with E-state index in [0.29, 0.717) is 13.1 Å². The quantitative estimate of drug-likeness (QED) is 0.857. The number of amides is 1. The van der Waals surface area contributed by atoms with Gasteiger partial charge in [0.25, 0.3) is 0 Å². The number of nitrogens with two attached hydrogens (primary N) is 1. The minimum atomic E-state index is -0.106. The Kier molecular flexibility index (Phi) is 5.55. The fourth-order valence-corrected chi connectivity index (χ4v) is 2.06. The summed E-state index contributed by atoms with van der Waals surface area (Å²) in [4.78, 5) is 12.1. The molecule has 19 heavy (non-hydrogen) atoms. The SMILES string of the molecule is Cc1ccc(CNC(=O)C(CN)CC(C)(C)C)cc1. The van der Waals surface area contributed by atoms with Gasteiger partial charge < -0.3 is 11.1 Å². The van der Waals surface area contributed by atoms with Crippen LogP contribution in [0.4, 0.5) is 0 Å². The fraction of sp³-hybridized carbons (Fsp3) is 0.562. The molecule has 1 aromatic carbocycles. The highest BCUT2D eigenvalue weighted by Crippen LogP contribution is 2.24.